The molecule has 0 aliphatic carbocycles. The molecule has 1 rings (SSSR count). The molecule has 1 N–H and O–H groups in total. The third kappa shape index (κ3) is 2.63. The molecule has 1 aromatic heterocycles. The molecule has 1 aromatic rings. The van der Waals surface area contributed by atoms with Crippen LogP contribution in [0.15, 0.2) is 12.3 Å². The van der Waals surface area contributed by atoms with E-state index < -0.39 is 17.4 Å². The minimum Gasteiger partial charge on any atom is -0.351 e. The highest BCUT2D eigenvalue weighted by Gasteiger charge is 2.34. The molecule has 3 nitrogen and oxygen atoms in total. The lowest BCUT2D eigenvalue weighted by atomic mass is 10.2. The van der Waals surface area contributed by atoms with E-state index in [1.807, 2.05) is 0 Å². The number of nitriles is 1. The summed E-state index contributed by atoms with van der Waals surface area (Å²) in [5.74, 6) is 0. The topological polar surface area (TPSA) is 48.7 Å². The van der Waals surface area contributed by atoms with Gasteiger partial charge in [-0.25, -0.2) is 4.98 Å². The van der Waals surface area contributed by atoms with Gasteiger partial charge in [0.05, 0.1) is 22.9 Å². The predicted octanol–water partition coefficient (Wildman–Crippen LogP) is 2.34. The lowest BCUT2D eigenvalue weighted by Crippen LogP contribution is -2.10. The van der Waals surface area contributed by atoms with E-state index in [2.05, 4.69) is 22.5 Å². The molecule has 1 heterocycles. The van der Waals surface area contributed by atoms with Gasteiger partial charge in [0.15, 0.2) is 5.69 Å². The van der Waals surface area contributed by atoms with Crippen molar-refractivity contribution < 1.29 is 13.2 Å². The van der Waals surface area contributed by atoms with Crippen LogP contribution in [0.4, 0.5) is 18.9 Å². The van der Waals surface area contributed by atoms with Crippen molar-refractivity contribution in [1.29, 1.82) is 5.26 Å². The average Bonchev–Trinajstić information content (AvgIpc) is 2.17. The molecule has 7 heteroatoms. The van der Waals surface area contributed by atoms with Crippen LogP contribution < -0.4 is 5.32 Å². The molecular weight excluding hydrogens is 227 g/mol. The largest absolute Gasteiger partial charge is 0.419 e. The standard InChI is InChI=1S/C8H4F3N3S/c9-8(10,11)6-1-5(14-4-15)3-13-7(6)2-12/h1,3-4H,(H,14,15). The summed E-state index contributed by atoms with van der Waals surface area (Å²) in [5, 5.41) is 10.8. The maximum atomic E-state index is 12.4. The van der Waals surface area contributed by atoms with Crippen LogP contribution in [0, 0.1) is 11.3 Å². The Kier molecular flexibility index (Phi) is 3.21. The summed E-state index contributed by atoms with van der Waals surface area (Å²) in [4.78, 5) is 3.37. The SMILES string of the molecule is N#Cc1ncc(NC=S)cc1C(F)(F)F. The molecule has 0 unspecified atom stereocenters. The number of alkyl halides is 3. The number of halogens is 3. The minimum atomic E-state index is -4.60. The smallest absolute Gasteiger partial charge is 0.351 e. The summed E-state index contributed by atoms with van der Waals surface area (Å²) in [6.07, 6.45) is -3.49. The molecule has 0 saturated heterocycles. The van der Waals surface area contributed by atoms with Gasteiger partial charge in [-0.05, 0) is 6.07 Å². The second-order valence-electron chi connectivity index (χ2n) is 2.49. The third-order valence-corrected chi connectivity index (χ3v) is 1.64. The Balaban J connectivity index is 3.27. The zero-order chi connectivity index (χ0) is 11.5. The maximum absolute atomic E-state index is 12.4. The van der Waals surface area contributed by atoms with E-state index in [0.29, 0.717) is 0 Å². The highest BCUT2D eigenvalue weighted by molar-refractivity contribution is 7.79. The van der Waals surface area contributed by atoms with Gasteiger partial charge in [0.1, 0.15) is 6.07 Å². The molecule has 0 aromatic carbocycles. The molecular formula is C8H4F3N3S. The van der Waals surface area contributed by atoms with Crippen LogP contribution in [0.5, 0.6) is 0 Å². The average molecular weight is 231 g/mol. The van der Waals surface area contributed by atoms with Gasteiger partial charge >= 0.3 is 6.18 Å². The fourth-order valence-electron chi connectivity index (χ4n) is 0.917. The Labute approximate surface area is 88.5 Å². The van der Waals surface area contributed by atoms with Gasteiger partial charge in [-0.2, -0.15) is 18.4 Å². The van der Waals surface area contributed by atoms with Crippen LogP contribution in [0.2, 0.25) is 0 Å². The zero-order valence-corrected chi connectivity index (χ0v) is 7.99. The highest BCUT2D eigenvalue weighted by atomic mass is 32.1. The summed E-state index contributed by atoms with van der Waals surface area (Å²) in [7, 11) is 0. The summed E-state index contributed by atoms with van der Waals surface area (Å²) < 4.78 is 37.2. The molecule has 0 fully saturated rings. The van der Waals surface area contributed by atoms with Crippen molar-refractivity contribution >= 4 is 23.4 Å². The molecule has 0 atom stereocenters. The van der Waals surface area contributed by atoms with Crippen LogP contribution in [0.3, 0.4) is 0 Å². The van der Waals surface area contributed by atoms with Gasteiger partial charge in [0.2, 0.25) is 0 Å². The minimum absolute atomic E-state index is 0.0938. The fourth-order valence-corrected chi connectivity index (χ4v) is 1.05. The molecule has 0 saturated carbocycles. The van der Waals surface area contributed by atoms with Gasteiger partial charge in [-0.1, -0.05) is 12.2 Å². The number of thiocarbonyl (C=S) groups is 1. The molecule has 0 aliphatic rings. The first-order chi connectivity index (χ1) is 6.99. The number of pyridine rings is 1. The van der Waals surface area contributed by atoms with Crippen molar-refractivity contribution in [3.05, 3.63) is 23.5 Å². The molecule has 0 spiro atoms. The van der Waals surface area contributed by atoms with Crippen molar-refractivity contribution in [2.75, 3.05) is 5.32 Å². The second kappa shape index (κ2) is 4.23. The van der Waals surface area contributed by atoms with Gasteiger partial charge in [-0.3, -0.25) is 0 Å². The number of nitrogens with one attached hydrogen (secondary N) is 1. The molecule has 0 aliphatic heterocycles. The Morgan fingerprint density at radius 1 is 1.53 bits per heavy atom. The van der Waals surface area contributed by atoms with Crippen LogP contribution in [0.25, 0.3) is 0 Å². The first-order valence-electron chi connectivity index (χ1n) is 3.66. The fraction of sp³-hybridized carbons (Fsp3) is 0.125. The maximum Gasteiger partial charge on any atom is 0.419 e. The molecule has 0 amide bonds. The van der Waals surface area contributed by atoms with Crippen LogP contribution >= 0.6 is 12.2 Å². The van der Waals surface area contributed by atoms with Gasteiger partial charge < -0.3 is 5.32 Å². The summed E-state index contributed by atoms with van der Waals surface area (Å²) in [5.41, 5.74) is -0.580. The predicted molar refractivity (Wildman–Crippen MR) is 51.2 cm³/mol. The van der Waals surface area contributed by atoms with Crippen molar-refractivity contribution in [2.24, 2.45) is 0 Å². The number of aromatic nitrogens is 1. The summed E-state index contributed by atoms with van der Waals surface area (Å²) in [6, 6.07) is 2.16. The normalized spacial score (nSPS) is 10.5. The monoisotopic (exact) mass is 231 g/mol. The first kappa shape index (κ1) is 11.4. The van der Waals surface area contributed by atoms with Crippen molar-refractivity contribution in [3.8, 4) is 6.07 Å². The molecule has 78 valence electrons. The van der Waals surface area contributed by atoms with E-state index in [0.717, 1.165) is 17.8 Å². The summed E-state index contributed by atoms with van der Waals surface area (Å²) in [6.45, 7) is 0. The van der Waals surface area contributed by atoms with Gasteiger partial charge in [0, 0.05) is 0 Å². The van der Waals surface area contributed by atoms with E-state index in [9.17, 15) is 13.2 Å². The highest BCUT2D eigenvalue weighted by Crippen LogP contribution is 2.32. The number of anilines is 1. The number of nitrogens with zero attached hydrogens (tertiary/aromatic N) is 2. The van der Waals surface area contributed by atoms with E-state index in [1.54, 1.807) is 0 Å². The van der Waals surface area contributed by atoms with E-state index >= 15 is 0 Å². The van der Waals surface area contributed by atoms with Crippen molar-refractivity contribution in [2.45, 2.75) is 6.18 Å². The summed E-state index contributed by atoms with van der Waals surface area (Å²) >= 11 is 4.42. The Bertz CT molecular complexity index is 422. The van der Waals surface area contributed by atoms with E-state index in [1.165, 1.54) is 6.07 Å². The van der Waals surface area contributed by atoms with Crippen molar-refractivity contribution in [3.63, 3.8) is 0 Å². The molecule has 0 radical (unpaired) electrons. The quantitative estimate of drug-likeness (QED) is 0.793. The third-order valence-electron chi connectivity index (χ3n) is 1.52. The molecule has 0 bridgehead atoms. The first-order valence-corrected chi connectivity index (χ1v) is 4.13. The van der Waals surface area contributed by atoms with Crippen LogP contribution in [-0.4, -0.2) is 10.5 Å². The Hall–Kier alpha value is -1.68. The van der Waals surface area contributed by atoms with E-state index in [-0.39, 0.29) is 5.69 Å². The van der Waals surface area contributed by atoms with Crippen molar-refractivity contribution in [1.82, 2.24) is 4.98 Å². The van der Waals surface area contributed by atoms with E-state index in [4.69, 9.17) is 5.26 Å². The lowest BCUT2D eigenvalue weighted by Gasteiger charge is -2.09. The Morgan fingerprint density at radius 3 is 2.67 bits per heavy atom. The van der Waals surface area contributed by atoms with Gasteiger partial charge in [0.25, 0.3) is 0 Å². The number of rotatable bonds is 2. The Morgan fingerprint density at radius 2 is 2.20 bits per heavy atom. The van der Waals surface area contributed by atoms with Crippen LogP contribution in [-0.2, 0) is 6.18 Å². The zero-order valence-electron chi connectivity index (χ0n) is 7.17. The van der Waals surface area contributed by atoms with Crippen LogP contribution in [0.1, 0.15) is 11.3 Å². The lowest BCUT2D eigenvalue weighted by molar-refractivity contribution is -0.138. The molecule has 15 heavy (non-hydrogen) atoms. The second-order valence-corrected chi connectivity index (χ2v) is 2.73. The van der Waals surface area contributed by atoms with Gasteiger partial charge in [-0.15, -0.1) is 0 Å². The number of hydrogen-bond acceptors (Lipinski definition) is 3. The number of hydrogen-bond donors (Lipinski definition) is 1.